The molecule has 1 aromatic heterocycles. The van der Waals surface area contributed by atoms with Gasteiger partial charge in [0.1, 0.15) is 0 Å². The van der Waals surface area contributed by atoms with Crippen LogP contribution in [0, 0.1) is 0 Å². The quantitative estimate of drug-likeness (QED) is 0.783. The van der Waals surface area contributed by atoms with Gasteiger partial charge in [0.2, 0.25) is 5.88 Å². The van der Waals surface area contributed by atoms with E-state index in [1.165, 1.54) is 0 Å². The molecule has 3 N–H and O–H groups in total. The summed E-state index contributed by atoms with van der Waals surface area (Å²) < 4.78 is 5.26. The summed E-state index contributed by atoms with van der Waals surface area (Å²) in [5.74, 6) is 0.674. The van der Waals surface area contributed by atoms with Crippen molar-refractivity contribution in [1.82, 2.24) is 4.98 Å². The van der Waals surface area contributed by atoms with Gasteiger partial charge in [0.05, 0.1) is 18.5 Å². The van der Waals surface area contributed by atoms with E-state index in [0.717, 1.165) is 18.5 Å². The molecule has 0 amide bonds. The van der Waals surface area contributed by atoms with Gasteiger partial charge in [-0.05, 0) is 25.8 Å². The summed E-state index contributed by atoms with van der Waals surface area (Å²) in [5, 5.41) is 3.38. The van der Waals surface area contributed by atoms with E-state index in [1.807, 2.05) is 19.1 Å². The average Bonchev–Trinajstić information content (AvgIpc) is 2.19. The van der Waals surface area contributed by atoms with Crippen LogP contribution in [-0.4, -0.2) is 23.7 Å². The van der Waals surface area contributed by atoms with E-state index >= 15 is 0 Å². The molecule has 0 unspecified atom stereocenters. The molecule has 1 saturated carbocycles. The van der Waals surface area contributed by atoms with Crippen molar-refractivity contribution in [1.29, 1.82) is 0 Å². The molecule has 0 atom stereocenters. The van der Waals surface area contributed by atoms with Gasteiger partial charge in [0, 0.05) is 18.2 Å². The van der Waals surface area contributed by atoms with Crippen molar-refractivity contribution >= 4 is 5.69 Å². The molecule has 0 saturated heterocycles. The second-order valence-electron chi connectivity index (χ2n) is 3.89. The fourth-order valence-electron chi connectivity index (χ4n) is 1.71. The second kappa shape index (κ2) is 4.49. The number of hydrogen-bond acceptors (Lipinski definition) is 4. The van der Waals surface area contributed by atoms with Crippen LogP contribution in [0.4, 0.5) is 5.69 Å². The van der Waals surface area contributed by atoms with Crippen LogP contribution < -0.4 is 15.8 Å². The van der Waals surface area contributed by atoms with Crippen molar-refractivity contribution in [3.8, 4) is 5.88 Å². The third-order valence-electron chi connectivity index (χ3n) is 2.57. The maximum absolute atomic E-state index is 5.71. The van der Waals surface area contributed by atoms with Gasteiger partial charge in [-0.1, -0.05) is 0 Å². The second-order valence-corrected chi connectivity index (χ2v) is 3.89. The maximum Gasteiger partial charge on any atom is 0.213 e. The lowest BCUT2D eigenvalue weighted by Gasteiger charge is -2.33. The van der Waals surface area contributed by atoms with Gasteiger partial charge in [0.25, 0.3) is 0 Å². The van der Waals surface area contributed by atoms with Crippen molar-refractivity contribution < 1.29 is 4.74 Å². The van der Waals surface area contributed by atoms with Crippen LogP contribution >= 0.6 is 0 Å². The summed E-state index contributed by atoms with van der Waals surface area (Å²) in [6, 6.07) is 4.75. The van der Waals surface area contributed by atoms with Crippen LogP contribution in [0.2, 0.25) is 0 Å². The van der Waals surface area contributed by atoms with E-state index in [0.29, 0.717) is 24.6 Å². The number of nitrogens with zero attached hydrogens (tertiary/aromatic N) is 1. The first kappa shape index (κ1) is 10.2. The van der Waals surface area contributed by atoms with Crippen molar-refractivity contribution in [2.75, 3.05) is 11.9 Å². The standard InChI is InChI=1S/C11H17N3O/c1-2-15-11-4-3-9(7-13-11)14-10-5-8(12)6-10/h3-4,7-8,10,14H,2,5-6,12H2,1H3. The number of nitrogens with two attached hydrogens (primary N) is 1. The number of anilines is 1. The largest absolute Gasteiger partial charge is 0.478 e. The molecule has 1 fully saturated rings. The third-order valence-corrected chi connectivity index (χ3v) is 2.57. The summed E-state index contributed by atoms with van der Waals surface area (Å²) >= 11 is 0. The molecule has 1 aromatic rings. The summed E-state index contributed by atoms with van der Waals surface area (Å²) in [7, 11) is 0. The normalized spacial score (nSPS) is 24.4. The van der Waals surface area contributed by atoms with Crippen LogP contribution in [0.5, 0.6) is 5.88 Å². The lowest BCUT2D eigenvalue weighted by Crippen LogP contribution is -2.44. The smallest absolute Gasteiger partial charge is 0.213 e. The summed E-state index contributed by atoms with van der Waals surface area (Å²) in [5.41, 5.74) is 6.75. The molecule has 0 aromatic carbocycles. The highest BCUT2D eigenvalue weighted by molar-refractivity contribution is 5.43. The summed E-state index contributed by atoms with van der Waals surface area (Å²) in [6.45, 7) is 2.60. The minimum Gasteiger partial charge on any atom is -0.478 e. The number of pyridine rings is 1. The fourth-order valence-corrected chi connectivity index (χ4v) is 1.71. The highest BCUT2D eigenvalue weighted by atomic mass is 16.5. The molecule has 0 spiro atoms. The van der Waals surface area contributed by atoms with Gasteiger partial charge in [-0.15, -0.1) is 0 Å². The molecule has 4 nitrogen and oxygen atoms in total. The molecule has 4 heteroatoms. The zero-order chi connectivity index (χ0) is 10.7. The van der Waals surface area contributed by atoms with Crippen LogP contribution in [0.3, 0.4) is 0 Å². The molecule has 82 valence electrons. The summed E-state index contributed by atoms with van der Waals surface area (Å²) in [4.78, 5) is 4.18. The molecular formula is C11H17N3O. The van der Waals surface area contributed by atoms with Crippen molar-refractivity contribution in [2.24, 2.45) is 5.73 Å². The van der Waals surface area contributed by atoms with E-state index in [-0.39, 0.29) is 0 Å². The SMILES string of the molecule is CCOc1ccc(NC2CC(N)C2)cn1. The highest BCUT2D eigenvalue weighted by Gasteiger charge is 2.25. The van der Waals surface area contributed by atoms with E-state index in [1.54, 1.807) is 6.20 Å². The molecule has 0 aliphatic heterocycles. The van der Waals surface area contributed by atoms with E-state index in [4.69, 9.17) is 10.5 Å². The molecule has 1 heterocycles. The molecular weight excluding hydrogens is 190 g/mol. The molecule has 0 bridgehead atoms. The Morgan fingerprint density at radius 2 is 2.33 bits per heavy atom. The van der Waals surface area contributed by atoms with Gasteiger partial charge in [-0.25, -0.2) is 4.98 Å². The van der Waals surface area contributed by atoms with Crippen LogP contribution in [0.25, 0.3) is 0 Å². The van der Waals surface area contributed by atoms with Gasteiger partial charge in [-0.3, -0.25) is 0 Å². The van der Waals surface area contributed by atoms with Crippen LogP contribution in [0.15, 0.2) is 18.3 Å². The molecule has 0 radical (unpaired) electrons. The molecule has 1 aliphatic carbocycles. The first-order valence-corrected chi connectivity index (χ1v) is 5.39. The maximum atomic E-state index is 5.71. The number of ether oxygens (including phenoxy) is 1. The van der Waals surface area contributed by atoms with Crippen molar-refractivity contribution in [3.05, 3.63) is 18.3 Å². The topological polar surface area (TPSA) is 60.2 Å². The Hall–Kier alpha value is -1.29. The molecule has 1 aliphatic rings. The van der Waals surface area contributed by atoms with Crippen LogP contribution in [-0.2, 0) is 0 Å². The van der Waals surface area contributed by atoms with E-state index in [2.05, 4.69) is 10.3 Å². The van der Waals surface area contributed by atoms with Gasteiger partial charge < -0.3 is 15.8 Å². The Morgan fingerprint density at radius 1 is 1.53 bits per heavy atom. The van der Waals surface area contributed by atoms with Crippen molar-refractivity contribution in [2.45, 2.75) is 31.8 Å². The number of rotatable bonds is 4. The van der Waals surface area contributed by atoms with E-state index in [9.17, 15) is 0 Å². The van der Waals surface area contributed by atoms with Gasteiger partial charge in [-0.2, -0.15) is 0 Å². The Kier molecular flexibility index (Phi) is 3.06. The minimum atomic E-state index is 0.373. The number of hydrogen-bond donors (Lipinski definition) is 2. The lowest BCUT2D eigenvalue weighted by molar-refractivity contribution is 0.327. The van der Waals surface area contributed by atoms with E-state index < -0.39 is 0 Å². The molecule has 2 rings (SSSR count). The minimum absolute atomic E-state index is 0.373. The Balaban J connectivity index is 1.87. The Labute approximate surface area is 89.8 Å². The van der Waals surface area contributed by atoms with Crippen LogP contribution in [0.1, 0.15) is 19.8 Å². The summed E-state index contributed by atoms with van der Waals surface area (Å²) in [6.07, 6.45) is 3.90. The first-order chi connectivity index (χ1) is 7.28. The first-order valence-electron chi connectivity index (χ1n) is 5.39. The number of aromatic nitrogens is 1. The fraction of sp³-hybridized carbons (Fsp3) is 0.545. The predicted octanol–water partition coefficient (Wildman–Crippen LogP) is 1.38. The average molecular weight is 207 g/mol. The highest BCUT2D eigenvalue weighted by Crippen LogP contribution is 2.22. The molecule has 15 heavy (non-hydrogen) atoms. The lowest BCUT2D eigenvalue weighted by atomic mass is 9.87. The van der Waals surface area contributed by atoms with Gasteiger partial charge >= 0.3 is 0 Å². The van der Waals surface area contributed by atoms with Crippen molar-refractivity contribution in [3.63, 3.8) is 0 Å². The zero-order valence-electron chi connectivity index (χ0n) is 8.94. The monoisotopic (exact) mass is 207 g/mol. The zero-order valence-corrected chi connectivity index (χ0v) is 8.94. The predicted molar refractivity (Wildman–Crippen MR) is 60.0 cm³/mol. The Morgan fingerprint density at radius 3 is 2.87 bits per heavy atom. The number of nitrogens with one attached hydrogen (secondary N) is 1. The Bertz CT molecular complexity index is 306. The van der Waals surface area contributed by atoms with Gasteiger partial charge in [0.15, 0.2) is 0 Å². The third kappa shape index (κ3) is 2.59.